The summed E-state index contributed by atoms with van der Waals surface area (Å²) in [5.41, 5.74) is 4.38. The Kier molecular flexibility index (Phi) is 5.61. The quantitative estimate of drug-likeness (QED) is 0.469. The van der Waals surface area contributed by atoms with Crippen molar-refractivity contribution >= 4 is 11.7 Å². The summed E-state index contributed by atoms with van der Waals surface area (Å²) < 4.78 is 3.52. The fraction of sp³-hybridized carbons (Fsp3) is 0.320. The highest BCUT2D eigenvalue weighted by Crippen LogP contribution is 2.22. The van der Waals surface area contributed by atoms with Crippen LogP contribution in [0.3, 0.4) is 0 Å². The number of piperazine rings is 1. The molecular weight excluding hydrogens is 428 g/mol. The maximum absolute atomic E-state index is 13.3. The molecule has 0 unspecified atom stereocenters. The van der Waals surface area contributed by atoms with E-state index in [1.165, 1.54) is 0 Å². The molecule has 174 valence electrons. The molecule has 0 N–H and O–H groups in total. The number of hydrogen-bond donors (Lipinski definition) is 0. The first-order valence-corrected chi connectivity index (χ1v) is 11.4. The van der Waals surface area contributed by atoms with E-state index in [9.17, 15) is 4.79 Å². The van der Waals surface area contributed by atoms with E-state index in [-0.39, 0.29) is 5.91 Å². The van der Waals surface area contributed by atoms with Gasteiger partial charge in [0.15, 0.2) is 5.82 Å². The van der Waals surface area contributed by atoms with Gasteiger partial charge in [-0.1, -0.05) is 30.3 Å². The van der Waals surface area contributed by atoms with Gasteiger partial charge in [-0.05, 0) is 32.9 Å². The van der Waals surface area contributed by atoms with Gasteiger partial charge >= 0.3 is 0 Å². The van der Waals surface area contributed by atoms with Gasteiger partial charge in [0.05, 0.1) is 11.4 Å². The zero-order chi connectivity index (χ0) is 23.8. The average Bonchev–Trinajstić information content (AvgIpc) is 3.40. The Balaban J connectivity index is 1.30. The van der Waals surface area contributed by atoms with Crippen LogP contribution in [0.5, 0.6) is 0 Å². The third-order valence-electron chi connectivity index (χ3n) is 6.10. The molecular formula is C25H28N8O. The fourth-order valence-corrected chi connectivity index (χ4v) is 4.39. The predicted octanol–water partition coefficient (Wildman–Crippen LogP) is 2.95. The van der Waals surface area contributed by atoms with Crippen molar-refractivity contribution in [1.82, 2.24) is 34.4 Å². The number of carbonyl (C=O) groups excluding carboxylic acids is 1. The molecule has 1 fully saturated rings. The van der Waals surface area contributed by atoms with Gasteiger partial charge in [0.2, 0.25) is 0 Å². The molecule has 1 amide bonds. The minimum absolute atomic E-state index is 0.000899. The van der Waals surface area contributed by atoms with Gasteiger partial charge in [-0.15, -0.1) is 0 Å². The van der Waals surface area contributed by atoms with E-state index in [2.05, 4.69) is 25.1 Å². The molecule has 0 spiro atoms. The molecule has 0 radical (unpaired) electrons. The van der Waals surface area contributed by atoms with Gasteiger partial charge < -0.3 is 9.80 Å². The Bertz CT molecular complexity index is 1330. The largest absolute Gasteiger partial charge is 0.353 e. The van der Waals surface area contributed by atoms with E-state index in [0.29, 0.717) is 37.7 Å². The summed E-state index contributed by atoms with van der Waals surface area (Å²) >= 11 is 0. The topological polar surface area (TPSA) is 85.0 Å². The summed E-state index contributed by atoms with van der Waals surface area (Å²) in [6.45, 7) is 8.50. The molecule has 4 aromatic rings. The Hall–Kier alpha value is -4.01. The van der Waals surface area contributed by atoms with Crippen LogP contribution in [-0.4, -0.2) is 66.5 Å². The molecule has 0 saturated carbocycles. The van der Waals surface area contributed by atoms with Crippen molar-refractivity contribution in [2.45, 2.75) is 20.8 Å². The van der Waals surface area contributed by atoms with Crippen molar-refractivity contribution < 1.29 is 4.79 Å². The highest BCUT2D eigenvalue weighted by molar-refractivity contribution is 5.94. The maximum Gasteiger partial charge on any atom is 0.272 e. The van der Waals surface area contributed by atoms with Gasteiger partial charge in [0.25, 0.3) is 5.91 Å². The van der Waals surface area contributed by atoms with E-state index in [1.807, 2.05) is 85.9 Å². The summed E-state index contributed by atoms with van der Waals surface area (Å²) in [4.78, 5) is 26.6. The first-order chi connectivity index (χ1) is 16.4. The van der Waals surface area contributed by atoms with Crippen molar-refractivity contribution in [3.05, 3.63) is 71.4 Å². The van der Waals surface area contributed by atoms with Gasteiger partial charge in [-0.25, -0.2) is 14.6 Å². The molecule has 3 aromatic heterocycles. The number of aryl methyl sites for hydroxylation is 4. The summed E-state index contributed by atoms with van der Waals surface area (Å²) in [6, 6.07) is 15.8. The Morgan fingerprint density at radius 3 is 2.24 bits per heavy atom. The molecule has 0 aliphatic carbocycles. The van der Waals surface area contributed by atoms with Crippen LogP contribution < -0.4 is 4.90 Å². The lowest BCUT2D eigenvalue weighted by molar-refractivity contribution is 0.0735. The van der Waals surface area contributed by atoms with Crippen LogP contribution >= 0.6 is 0 Å². The Morgan fingerprint density at radius 1 is 0.853 bits per heavy atom. The van der Waals surface area contributed by atoms with Gasteiger partial charge in [-0.3, -0.25) is 9.48 Å². The highest BCUT2D eigenvalue weighted by Gasteiger charge is 2.26. The molecule has 9 heteroatoms. The van der Waals surface area contributed by atoms with Gasteiger partial charge in [-0.2, -0.15) is 10.2 Å². The molecule has 34 heavy (non-hydrogen) atoms. The normalized spacial score (nSPS) is 14.0. The van der Waals surface area contributed by atoms with Crippen molar-refractivity contribution in [3.63, 3.8) is 0 Å². The molecule has 1 aromatic carbocycles. The Labute approximate surface area is 198 Å². The molecule has 0 bridgehead atoms. The average molecular weight is 457 g/mol. The van der Waals surface area contributed by atoms with Crippen LogP contribution in [-0.2, 0) is 7.05 Å². The van der Waals surface area contributed by atoms with Crippen LogP contribution in [0.1, 0.15) is 27.7 Å². The number of nitrogens with zero attached hydrogens (tertiary/aromatic N) is 8. The minimum atomic E-state index is -0.000899. The fourth-order valence-electron chi connectivity index (χ4n) is 4.39. The van der Waals surface area contributed by atoms with Crippen LogP contribution in [0.25, 0.3) is 17.1 Å². The summed E-state index contributed by atoms with van der Waals surface area (Å²) in [7, 11) is 1.82. The van der Waals surface area contributed by atoms with Crippen LogP contribution in [0, 0.1) is 20.8 Å². The SMILES string of the molecule is Cc1cc(C)n(-c2cc(N3CCN(C(=O)c4cc(-c5ccccc5)nn4C)CC3)nc(C)n2)n1. The van der Waals surface area contributed by atoms with Crippen LogP contribution in [0.4, 0.5) is 5.82 Å². The number of anilines is 1. The van der Waals surface area contributed by atoms with Gasteiger partial charge in [0, 0.05) is 50.6 Å². The third kappa shape index (κ3) is 4.16. The Morgan fingerprint density at radius 2 is 1.56 bits per heavy atom. The zero-order valence-corrected chi connectivity index (χ0v) is 19.9. The second-order valence-corrected chi connectivity index (χ2v) is 8.65. The summed E-state index contributed by atoms with van der Waals surface area (Å²) in [6.07, 6.45) is 0. The number of benzene rings is 1. The third-order valence-corrected chi connectivity index (χ3v) is 6.10. The first kappa shape index (κ1) is 21.8. The molecule has 5 rings (SSSR count). The van der Waals surface area contributed by atoms with E-state index >= 15 is 0 Å². The molecule has 1 saturated heterocycles. The summed E-state index contributed by atoms with van der Waals surface area (Å²) in [5.74, 6) is 2.31. The van der Waals surface area contributed by atoms with Crippen LogP contribution in [0.2, 0.25) is 0 Å². The highest BCUT2D eigenvalue weighted by atomic mass is 16.2. The number of aromatic nitrogens is 6. The molecule has 0 atom stereocenters. The molecule has 1 aliphatic heterocycles. The lowest BCUT2D eigenvalue weighted by atomic mass is 10.1. The summed E-state index contributed by atoms with van der Waals surface area (Å²) in [5, 5.41) is 9.11. The van der Waals surface area contributed by atoms with Gasteiger partial charge in [0.1, 0.15) is 17.3 Å². The standard InChI is InChI=1S/C25H28N8O/c1-17-14-18(2)33(28-17)24-16-23(26-19(3)27-24)31-10-12-32(13-11-31)25(34)22-15-21(29-30(22)4)20-8-6-5-7-9-20/h5-9,14-16H,10-13H2,1-4H3. The number of rotatable bonds is 4. The van der Waals surface area contributed by atoms with Crippen molar-refractivity contribution in [2.24, 2.45) is 7.05 Å². The molecule has 9 nitrogen and oxygen atoms in total. The minimum Gasteiger partial charge on any atom is -0.353 e. The smallest absolute Gasteiger partial charge is 0.272 e. The monoisotopic (exact) mass is 456 g/mol. The number of amides is 1. The van der Waals surface area contributed by atoms with Crippen molar-refractivity contribution in [3.8, 4) is 17.1 Å². The second-order valence-electron chi connectivity index (χ2n) is 8.65. The number of hydrogen-bond acceptors (Lipinski definition) is 6. The van der Waals surface area contributed by atoms with Crippen LogP contribution in [0.15, 0.2) is 48.5 Å². The van der Waals surface area contributed by atoms with E-state index < -0.39 is 0 Å². The molecule has 1 aliphatic rings. The lowest BCUT2D eigenvalue weighted by Crippen LogP contribution is -2.49. The molecule has 4 heterocycles. The predicted molar refractivity (Wildman–Crippen MR) is 130 cm³/mol. The first-order valence-electron chi connectivity index (χ1n) is 11.4. The number of carbonyl (C=O) groups is 1. The van der Waals surface area contributed by atoms with E-state index in [0.717, 1.165) is 34.3 Å². The maximum atomic E-state index is 13.3. The lowest BCUT2D eigenvalue weighted by Gasteiger charge is -2.35. The van der Waals surface area contributed by atoms with Crippen molar-refractivity contribution in [2.75, 3.05) is 31.1 Å². The van der Waals surface area contributed by atoms with E-state index in [4.69, 9.17) is 0 Å². The van der Waals surface area contributed by atoms with Crippen molar-refractivity contribution in [1.29, 1.82) is 0 Å². The zero-order valence-electron chi connectivity index (χ0n) is 19.9. The second kappa shape index (κ2) is 8.74. The van der Waals surface area contributed by atoms with E-state index in [1.54, 1.807) is 4.68 Å².